The predicted molar refractivity (Wildman–Crippen MR) is 121 cm³/mol. The lowest BCUT2D eigenvalue weighted by Gasteiger charge is -2.29. The lowest BCUT2D eigenvalue weighted by Crippen LogP contribution is -2.52. The molecule has 3 aromatic rings. The third kappa shape index (κ3) is 3.73. The number of aryl methyl sites for hydroxylation is 1. The van der Waals surface area contributed by atoms with E-state index in [0.717, 1.165) is 34.6 Å². The highest BCUT2D eigenvalue weighted by molar-refractivity contribution is 6.05. The fourth-order valence-corrected chi connectivity index (χ4v) is 4.66. The van der Waals surface area contributed by atoms with Crippen LogP contribution in [0.3, 0.4) is 0 Å². The maximum absolute atomic E-state index is 13.0. The van der Waals surface area contributed by atoms with Crippen LogP contribution in [-0.2, 0) is 29.7 Å². The number of carbonyl (C=O) groups excluding carboxylic acids is 3. The van der Waals surface area contributed by atoms with Crippen molar-refractivity contribution in [2.45, 2.75) is 45.8 Å². The first-order chi connectivity index (χ1) is 15.8. The molecule has 2 aliphatic rings. The van der Waals surface area contributed by atoms with Gasteiger partial charge in [0.25, 0.3) is 5.91 Å². The average Bonchev–Trinajstić information content (AvgIpc) is 3.45. The van der Waals surface area contributed by atoms with E-state index in [2.05, 4.69) is 29.2 Å². The molecule has 2 aromatic heterocycles. The van der Waals surface area contributed by atoms with Crippen molar-refractivity contribution in [1.29, 1.82) is 0 Å². The molecule has 2 aliphatic heterocycles. The van der Waals surface area contributed by atoms with E-state index in [1.165, 1.54) is 0 Å². The zero-order chi connectivity index (χ0) is 23.3. The minimum absolute atomic E-state index is 0.178. The van der Waals surface area contributed by atoms with Gasteiger partial charge in [-0.2, -0.15) is 5.10 Å². The highest BCUT2D eigenvalue weighted by atomic mass is 16.2. The molecular formula is C24H26N6O3. The molecule has 1 fully saturated rings. The van der Waals surface area contributed by atoms with Gasteiger partial charge in [0.05, 0.1) is 23.9 Å². The van der Waals surface area contributed by atoms with Gasteiger partial charge >= 0.3 is 0 Å². The molecule has 1 aromatic carbocycles. The number of nitrogens with zero attached hydrogens (tertiary/aromatic N) is 5. The minimum atomic E-state index is -0.622. The van der Waals surface area contributed by atoms with Crippen LogP contribution in [0.5, 0.6) is 0 Å². The van der Waals surface area contributed by atoms with E-state index in [0.29, 0.717) is 24.4 Å². The van der Waals surface area contributed by atoms with Crippen molar-refractivity contribution < 1.29 is 14.4 Å². The smallest absolute Gasteiger partial charge is 0.255 e. The Labute approximate surface area is 191 Å². The van der Waals surface area contributed by atoms with Gasteiger partial charge in [-0.25, -0.2) is 4.98 Å². The van der Waals surface area contributed by atoms with Crippen LogP contribution in [0.15, 0.2) is 36.9 Å². The quantitative estimate of drug-likeness (QED) is 0.606. The van der Waals surface area contributed by atoms with Crippen molar-refractivity contribution in [3.8, 4) is 22.5 Å². The van der Waals surface area contributed by atoms with Gasteiger partial charge < -0.3 is 9.47 Å². The van der Waals surface area contributed by atoms with E-state index in [1.807, 2.05) is 40.8 Å². The summed E-state index contributed by atoms with van der Waals surface area (Å²) in [7, 11) is 1.95. The summed E-state index contributed by atoms with van der Waals surface area (Å²) in [5.74, 6) is -0.382. The highest BCUT2D eigenvalue weighted by Gasteiger charge is 2.39. The molecule has 1 unspecified atom stereocenters. The lowest BCUT2D eigenvalue weighted by molar-refractivity contribution is -0.136. The molecule has 0 bridgehead atoms. The molecule has 170 valence electrons. The Hall–Kier alpha value is -3.75. The van der Waals surface area contributed by atoms with Crippen LogP contribution in [0.1, 0.15) is 42.6 Å². The van der Waals surface area contributed by atoms with Crippen LogP contribution >= 0.6 is 0 Å². The summed E-state index contributed by atoms with van der Waals surface area (Å²) in [5.41, 5.74) is 5.10. The molecule has 9 heteroatoms. The summed E-state index contributed by atoms with van der Waals surface area (Å²) in [6.45, 7) is 5.48. The van der Waals surface area contributed by atoms with Crippen molar-refractivity contribution in [2.24, 2.45) is 13.0 Å². The topological polar surface area (TPSA) is 102 Å². The molecule has 0 radical (unpaired) electrons. The number of imidazole rings is 1. The number of fused-ring (bicyclic) bond motifs is 1. The van der Waals surface area contributed by atoms with Gasteiger partial charge in [-0.3, -0.25) is 24.4 Å². The van der Waals surface area contributed by atoms with Crippen LogP contribution in [0.25, 0.3) is 22.5 Å². The van der Waals surface area contributed by atoms with Gasteiger partial charge in [0, 0.05) is 49.4 Å². The number of imide groups is 1. The third-order valence-corrected chi connectivity index (χ3v) is 6.19. The lowest BCUT2D eigenvalue weighted by atomic mass is 10.0. The normalized spacial score (nSPS) is 18.2. The molecule has 5 rings (SSSR count). The third-order valence-electron chi connectivity index (χ3n) is 6.19. The SMILES string of the molecule is CC(C)Cn1cc(-c2c(-c3ccc4c(c3)CN(C3CCC(=O)NC3=O)C4=O)ncn2C)cn1. The number of piperidine rings is 1. The van der Waals surface area contributed by atoms with E-state index in [9.17, 15) is 14.4 Å². The van der Waals surface area contributed by atoms with Crippen LogP contribution in [0.4, 0.5) is 0 Å². The van der Waals surface area contributed by atoms with Crippen LogP contribution in [0.2, 0.25) is 0 Å². The van der Waals surface area contributed by atoms with Crippen LogP contribution < -0.4 is 5.32 Å². The number of benzene rings is 1. The molecule has 3 amide bonds. The van der Waals surface area contributed by atoms with Crippen molar-refractivity contribution in [1.82, 2.24) is 29.5 Å². The number of nitrogens with one attached hydrogen (secondary N) is 1. The summed E-state index contributed by atoms with van der Waals surface area (Å²) in [6.07, 6.45) is 6.25. The van der Waals surface area contributed by atoms with Gasteiger partial charge in [0.2, 0.25) is 11.8 Å². The first-order valence-corrected chi connectivity index (χ1v) is 11.1. The van der Waals surface area contributed by atoms with Gasteiger partial charge in [-0.15, -0.1) is 0 Å². The van der Waals surface area contributed by atoms with Gasteiger partial charge in [-0.1, -0.05) is 19.9 Å². The molecule has 4 heterocycles. The van der Waals surface area contributed by atoms with E-state index in [-0.39, 0.29) is 18.2 Å². The van der Waals surface area contributed by atoms with Crippen LogP contribution in [-0.4, -0.2) is 48.0 Å². The van der Waals surface area contributed by atoms with Crippen molar-refractivity contribution >= 4 is 17.7 Å². The second-order valence-corrected chi connectivity index (χ2v) is 9.17. The monoisotopic (exact) mass is 446 g/mol. The fourth-order valence-electron chi connectivity index (χ4n) is 4.66. The maximum atomic E-state index is 13.0. The predicted octanol–water partition coefficient (Wildman–Crippen LogP) is 2.37. The zero-order valence-electron chi connectivity index (χ0n) is 18.9. The summed E-state index contributed by atoms with van der Waals surface area (Å²) < 4.78 is 3.91. The van der Waals surface area contributed by atoms with Crippen molar-refractivity contribution in [2.75, 3.05) is 0 Å². The number of carbonyl (C=O) groups is 3. The Balaban J connectivity index is 1.45. The summed E-state index contributed by atoms with van der Waals surface area (Å²) >= 11 is 0. The molecule has 1 N–H and O–H groups in total. The van der Waals surface area contributed by atoms with Crippen LogP contribution in [0, 0.1) is 5.92 Å². The highest BCUT2D eigenvalue weighted by Crippen LogP contribution is 2.34. The Kier molecular flexibility index (Phi) is 5.11. The number of amides is 3. The van der Waals surface area contributed by atoms with Crippen molar-refractivity contribution in [3.63, 3.8) is 0 Å². The molecular weight excluding hydrogens is 420 g/mol. The van der Waals surface area contributed by atoms with E-state index < -0.39 is 11.9 Å². The first kappa shape index (κ1) is 21.1. The van der Waals surface area contributed by atoms with E-state index in [4.69, 9.17) is 0 Å². The Morgan fingerprint density at radius 1 is 1.18 bits per heavy atom. The fraction of sp³-hybridized carbons (Fsp3) is 0.375. The molecule has 0 aliphatic carbocycles. The standard InChI is InChI=1S/C24H26N6O3/c1-14(2)10-29-11-17(9-26-29)22-21(25-13-28(22)3)15-4-5-18-16(8-15)12-30(24(18)33)19-6-7-20(31)27-23(19)32/h4-5,8-9,11,13-14,19H,6-7,10,12H2,1-3H3,(H,27,31,32). The molecule has 0 spiro atoms. The van der Waals surface area contributed by atoms with Gasteiger partial charge in [0.15, 0.2) is 0 Å². The largest absolute Gasteiger partial charge is 0.333 e. The summed E-state index contributed by atoms with van der Waals surface area (Å²) in [5, 5.41) is 6.83. The zero-order valence-corrected chi connectivity index (χ0v) is 18.9. The molecule has 33 heavy (non-hydrogen) atoms. The van der Waals surface area contributed by atoms with Gasteiger partial charge in [0.1, 0.15) is 6.04 Å². The number of hydrogen-bond donors (Lipinski definition) is 1. The second kappa shape index (κ2) is 7.99. The molecule has 1 atom stereocenters. The molecule has 9 nitrogen and oxygen atoms in total. The number of hydrogen-bond acceptors (Lipinski definition) is 5. The van der Waals surface area contributed by atoms with Gasteiger partial charge in [-0.05, 0) is 30.0 Å². The number of rotatable bonds is 5. The Morgan fingerprint density at radius 2 is 2.00 bits per heavy atom. The van der Waals surface area contributed by atoms with Crippen molar-refractivity contribution in [3.05, 3.63) is 48.0 Å². The average molecular weight is 447 g/mol. The second-order valence-electron chi connectivity index (χ2n) is 9.17. The summed E-state index contributed by atoms with van der Waals surface area (Å²) in [6, 6.07) is 5.06. The number of aromatic nitrogens is 4. The Morgan fingerprint density at radius 3 is 2.76 bits per heavy atom. The molecule has 0 saturated carbocycles. The molecule has 1 saturated heterocycles. The van der Waals surface area contributed by atoms with E-state index in [1.54, 1.807) is 17.3 Å². The maximum Gasteiger partial charge on any atom is 0.255 e. The Bertz CT molecular complexity index is 1270. The van der Waals surface area contributed by atoms with E-state index >= 15 is 0 Å². The summed E-state index contributed by atoms with van der Waals surface area (Å²) in [4.78, 5) is 43.0. The minimum Gasteiger partial charge on any atom is -0.333 e. The first-order valence-electron chi connectivity index (χ1n) is 11.1.